The van der Waals surface area contributed by atoms with E-state index < -0.39 is 9.84 Å². The first-order valence-corrected chi connectivity index (χ1v) is 9.03. The van der Waals surface area contributed by atoms with Gasteiger partial charge in [-0.25, -0.2) is 13.4 Å². The summed E-state index contributed by atoms with van der Waals surface area (Å²) in [4.78, 5) is 18.1. The van der Waals surface area contributed by atoms with Gasteiger partial charge in [-0.2, -0.15) is 0 Å². The van der Waals surface area contributed by atoms with E-state index >= 15 is 0 Å². The molecule has 0 radical (unpaired) electrons. The topological polar surface area (TPSA) is 79.4 Å². The van der Waals surface area contributed by atoms with Gasteiger partial charge >= 0.3 is 0 Å². The zero-order chi connectivity index (χ0) is 15.3. The Labute approximate surface area is 125 Å². The molecule has 7 heteroatoms. The summed E-state index contributed by atoms with van der Waals surface area (Å²) in [6.45, 7) is 3.65. The van der Waals surface area contributed by atoms with Crippen LogP contribution in [0.4, 0.5) is 5.69 Å². The summed E-state index contributed by atoms with van der Waals surface area (Å²) in [6.07, 6.45) is 3.14. The van der Waals surface area contributed by atoms with Gasteiger partial charge in [-0.05, 0) is 25.0 Å². The molecule has 1 aromatic heterocycles. The number of rotatable bonds is 4. The Bertz CT molecular complexity index is 584. The third kappa shape index (κ3) is 4.42. The number of carbonyl (C=O) groups excluding carboxylic acids is 1. The fourth-order valence-corrected chi connectivity index (χ4v) is 3.47. The Hall–Kier alpha value is -1.63. The highest BCUT2D eigenvalue weighted by molar-refractivity contribution is 7.91. The van der Waals surface area contributed by atoms with Gasteiger partial charge in [-0.3, -0.25) is 4.79 Å². The van der Waals surface area contributed by atoms with Crippen LogP contribution in [0.5, 0.6) is 0 Å². The number of anilines is 1. The smallest absolute Gasteiger partial charge is 0.272 e. The van der Waals surface area contributed by atoms with Gasteiger partial charge in [-0.1, -0.05) is 6.92 Å². The largest absolute Gasteiger partial charge is 0.384 e. The van der Waals surface area contributed by atoms with Gasteiger partial charge in [0.15, 0.2) is 9.84 Å². The van der Waals surface area contributed by atoms with Crippen LogP contribution in [0.2, 0.25) is 0 Å². The van der Waals surface area contributed by atoms with Crippen LogP contribution in [0.1, 0.15) is 30.3 Å². The van der Waals surface area contributed by atoms with Gasteiger partial charge in [0.25, 0.3) is 5.91 Å². The van der Waals surface area contributed by atoms with Crippen molar-refractivity contribution >= 4 is 21.4 Å². The Morgan fingerprint density at radius 3 is 2.81 bits per heavy atom. The summed E-state index contributed by atoms with van der Waals surface area (Å²) in [5.41, 5.74) is 1.24. The molecule has 1 aliphatic heterocycles. The number of aromatic nitrogens is 1. The Balaban J connectivity index is 2.02. The van der Waals surface area contributed by atoms with Crippen LogP contribution in [0.3, 0.4) is 0 Å². The van der Waals surface area contributed by atoms with Crippen molar-refractivity contribution in [3.63, 3.8) is 0 Å². The number of nitrogens with zero attached hydrogens (tertiary/aromatic N) is 2. The molecule has 6 nitrogen and oxygen atoms in total. The molecule has 2 heterocycles. The lowest BCUT2D eigenvalue weighted by Crippen LogP contribution is -2.34. The minimum atomic E-state index is -3.01. The second-order valence-corrected chi connectivity index (χ2v) is 7.46. The normalized spacial score (nSPS) is 18.0. The van der Waals surface area contributed by atoms with Gasteiger partial charge < -0.3 is 10.2 Å². The Kier molecular flexibility index (Phi) is 5.17. The predicted octanol–water partition coefficient (Wildman–Crippen LogP) is 1.16. The molecule has 0 spiro atoms. The van der Waals surface area contributed by atoms with Crippen molar-refractivity contribution in [3.05, 3.63) is 24.0 Å². The molecule has 1 aromatic rings. The van der Waals surface area contributed by atoms with Crippen molar-refractivity contribution in [1.29, 1.82) is 0 Å². The van der Waals surface area contributed by atoms with Gasteiger partial charge in [-0.15, -0.1) is 0 Å². The van der Waals surface area contributed by atoms with E-state index in [4.69, 9.17) is 0 Å². The van der Waals surface area contributed by atoms with Crippen LogP contribution in [0, 0.1) is 0 Å². The number of carbonyl (C=O) groups is 1. The SMILES string of the molecule is CCCNc1ccc(C(=O)N2CCCS(=O)(=O)CC2)nc1. The third-order valence-electron chi connectivity index (χ3n) is 3.40. The minimum Gasteiger partial charge on any atom is -0.384 e. The number of amides is 1. The maximum atomic E-state index is 12.3. The van der Waals surface area contributed by atoms with E-state index in [1.54, 1.807) is 17.2 Å². The van der Waals surface area contributed by atoms with E-state index in [0.717, 1.165) is 18.7 Å². The van der Waals surface area contributed by atoms with Crippen LogP contribution in [-0.2, 0) is 9.84 Å². The van der Waals surface area contributed by atoms with E-state index in [9.17, 15) is 13.2 Å². The molecule has 0 aliphatic carbocycles. The van der Waals surface area contributed by atoms with Crippen molar-refractivity contribution in [2.24, 2.45) is 0 Å². The lowest BCUT2D eigenvalue weighted by atomic mass is 10.2. The van der Waals surface area contributed by atoms with Gasteiger partial charge in [0.1, 0.15) is 5.69 Å². The highest BCUT2D eigenvalue weighted by Gasteiger charge is 2.23. The maximum absolute atomic E-state index is 12.3. The summed E-state index contributed by atoms with van der Waals surface area (Å²) in [5.74, 6) is -0.00645. The summed E-state index contributed by atoms with van der Waals surface area (Å²) in [6, 6.07) is 3.50. The van der Waals surface area contributed by atoms with E-state index in [1.807, 2.05) is 6.07 Å². The molecule has 0 saturated carbocycles. The number of pyridine rings is 1. The van der Waals surface area contributed by atoms with Gasteiger partial charge in [0.05, 0.1) is 23.4 Å². The zero-order valence-corrected chi connectivity index (χ0v) is 13.0. The van der Waals surface area contributed by atoms with Crippen molar-refractivity contribution in [3.8, 4) is 0 Å². The number of sulfone groups is 1. The summed E-state index contributed by atoms with van der Waals surface area (Å²) >= 11 is 0. The molecule has 1 aliphatic rings. The highest BCUT2D eigenvalue weighted by Crippen LogP contribution is 2.11. The second-order valence-electron chi connectivity index (χ2n) is 5.16. The van der Waals surface area contributed by atoms with Crippen LogP contribution >= 0.6 is 0 Å². The monoisotopic (exact) mass is 311 g/mol. The summed E-state index contributed by atoms with van der Waals surface area (Å²) < 4.78 is 23.1. The van der Waals surface area contributed by atoms with Crippen molar-refractivity contribution in [2.45, 2.75) is 19.8 Å². The lowest BCUT2D eigenvalue weighted by Gasteiger charge is -2.19. The standard InChI is InChI=1S/C14H21N3O3S/c1-2-6-15-12-4-5-13(16-11-12)14(18)17-7-3-9-21(19,20)10-8-17/h4-5,11,15H,2-3,6-10H2,1H3. The van der Waals surface area contributed by atoms with E-state index in [2.05, 4.69) is 17.2 Å². The summed E-state index contributed by atoms with van der Waals surface area (Å²) in [5, 5.41) is 3.19. The van der Waals surface area contributed by atoms with Crippen LogP contribution in [0.15, 0.2) is 18.3 Å². The molecule has 1 saturated heterocycles. The lowest BCUT2D eigenvalue weighted by molar-refractivity contribution is 0.0762. The average molecular weight is 311 g/mol. The molecule has 0 bridgehead atoms. The van der Waals surface area contributed by atoms with Crippen LogP contribution in [0.25, 0.3) is 0 Å². The van der Waals surface area contributed by atoms with Crippen molar-refractivity contribution in [2.75, 3.05) is 36.5 Å². The molecule has 116 valence electrons. The fraction of sp³-hybridized carbons (Fsp3) is 0.571. The molecule has 21 heavy (non-hydrogen) atoms. The van der Waals surface area contributed by atoms with E-state index in [1.165, 1.54) is 0 Å². The average Bonchev–Trinajstić information content (AvgIpc) is 2.66. The molecule has 0 aromatic carbocycles. The fourth-order valence-electron chi connectivity index (χ4n) is 2.20. The molecular formula is C14H21N3O3S. The molecule has 0 atom stereocenters. The second kappa shape index (κ2) is 6.89. The highest BCUT2D eigenvalue weighted by atomic mass is 32.2. The molecule has 0 unspecified atom stereocenters. The Morgan fingerprint density at radius 2 is 2.14 bits per heavy atom. The first-order valence-electron chi connectivity index (χ1n) is 7.21. The Morgan fingerprint density at radius 1 is 1.33 bits per heavy atom. The molecule has 1 fully saturated rings. The van der Waals surface area contributed by atoms with Crippen molar-refractivity contribution < 1.29 is 13.2 Å². The van der Waals surface area contributed by atoms with Crippen LogP contribution < -0.4 is 5.32 Å². The molecular weight excluding hydrogens is 290 g/mol. The predicted molar refractivity (Wildman–Crippen MR) is 82.2 cm³/mol. The van der Waals surface area contributed by atoms with Gasteiger partial charge in [0.2, 0.25) is 0 Å². The van der Waals surface area contributed by atoms with E-state index in [0.29, 0.717) is 18.7 Å². The zero-order valence-electron chi connectivity index (χ0n) is 12.2. The maximum Gasteiger partial charge on any atom is 0.272 e. The molecule has 1 N–H and O–H groups in total. The van der Waals surface area contributed by atoms with Crippen molar-refractivity contribution in [1.82, 2.24) is 9.88 Å². The first-order chi connectivity index (χ1) is 10.0. The van der Waals surface area contributed by atoms with Crippen LogP contribution in [-0.4, -0.2) is 55.3 Å². The quantitative estimate of drug-likeness (QED) is 0.903. The number of nitrogens with one attached hydrogen (secondary N) is 1. The third-order valence-corrected chi connectivity index (χ3v) is 5.12. The number of hydrogen-bond acceptors (Lipinski definition) is 5. The molecule has 1 amide bonds. The number of hydrogen-bond donors (Lipinski definition) is 1. The summed E-state index contributed by atoms with van der Waals surface area (Å²) in [7, 11) is -3.01. The van der Waals surface area contributed by atoms with Gasteiger partial charge in [0, 0.05) is 19.6 Å². The van der Waals surface area contributed by atoms with E-state index in [-0.39, 0.29) is 24.0 Å². The molecule has 2 rings (SSSR count). The first kappa shape index (κ1) is 15.8. The minimum absolute atomic E-state index is 0.0366.